The zero-order valence-electron chi connectivity index (χ0n) is 14.1. The quantitative estimate of drug-likeness (QED) is 0.853. The number of hydrogen-bond acceptors (Lipinski definition) is 4. The number of carbonyl (C=O) groups excluding carboxylic acids is 1. The lowest BCUT2D eigenvalue weighted by Gasteiger charge is -2.15. The summed E-state index contributed by atoms with van der Waals surface area (Å²) in [7, 11) is 0. The van der Waals surface area contributed by atoms with Crippen LogP contribution in [-0.2, 0) is 11.3 Å². The number of aromatic amines is 1. The third kappa shape index (κ3) is 3.94. The Hall–Kier alpha value is -2.34. The van der Waals surface area contributed by atoms with Gasteiger partial charge in [0.2, 0.25) is 0 Å². The lowest BCUT2D eigenvalue weighted by molar-refractivity contribution is 0.0950. The Kier molecular flexibility index (Phi) is 5.15. The van der Waals surface area contributed by atoms with Crippen LogP contribution in [0.25, 0.3) is 0 Å². The molecule has 0 spiro atoms. The summed E-state index contributed by atoms with van der Waals surface area (Å²) in [6.45, 7) is 6.49. The molecule has 1 aliphatic rings. The molecule has 0 unspecified atom stereocenters. The number of amides is 1. The predicted octanol–water partition coefficient (Wildman–Crippen LogP) is 2.37. The van der Waals surface area contributed by atoms with Crippen LogP contribution in [0.5, 0.6) is 5.75 Å². The molecule has 1 aromatic carbocycles. The highest BCUT2D eigenvalue weighted by atomic mass is 16.5. The molecule has 24 heavy (non-hydrogen) atoms. The SMILES string of the molecule is Cc1ccc(CNC(=O)c2cn[nH]c2C)c(OC[C@@H]2CCOC2)c1. The Labute approximate surface area is 141 Å². The van der Waals surface area contributed by atoms with E-state index in [2.05, 4.69) is 15.5 Å². The van der Waals surface area contributed by atoms with E-state index in [1.165, 1.54) is 6.20 Å². The van der Waals surface area contributed by atoms with E-state index in [1.54, 1.807) is 0 Å². The first-order chi connectivity index (χ1) is 11.6. The summed E-state index contributed by atoms with van der Waals surface area (Å²) in [6.07, 6.45) is 2.58. The average molecular weight is 329 g/mol. The molecule has 0 radical (unpaired) electrons. The molecule has 128 valence electrons. The summed E-state index contributed by atoms with van der Waals surface area (Å²) in [6, 6.07) is 6.04. The van der Waals surface area contributed by atoms with E-state index in [0.29, 0.717) is 24.6 Å². The molecule has 0 saturated carbocycles. The second kappa shape index (κ2) is 7.49. The highest BCUT2D eigenvalue weighted by Gasteiger charge is 2.17. The van der Waals surface area contributed by atoms with Crippen molar-refractivity contribution < 1.29 is 14.3 Å². The Bertz CT molecular complexity index is 705. The molecule has 2 heterocycles. The second-order valence-electron chi connectivity index (χ2n) is 6.24. The number of carbonyl (C=O) groups is 1. The van der Waals surface area contributed by atoms with E-state index < -0.39 is 0 Å². The van der Waals surface area contributed by atoms with Gasteiger partial charge in [-0.2, -0.15) is 5.10 Å². The molecule has 1 aromatic heterocycles. The van der Waals surface area contributed by atoms with Crippen LogP contribution >= 0.6 is 0 Å². The molecular formula is C18H23N3O3. The molecule has 1 amide bonds. The molecule has 1 aliphatic heterocycles. The van der Waals surface area contributed by atoms with Crippen molar-refractivity contribution in [3.63, 3.8) is 0 Å². The minimum atomic E-state index is -0.142. The third-order valence-corrected chi connectivity index (χ3v) is 4.24. The van der Waals surface area contributed by atoms with Crippen molar-refractivity contribution in [2.24, 2.45) is 5.92 Å². The topological polar surface area (TPSA) is 76.2 Å². The summed E-state index contributed by atoms with van der Waals surface area (Å²) in [4.78, 5) is 12.2. The van der Waals surface area contributed by atoms with Crippen LogP contribution in [0.3, 0.4) is 0 Å². The van der Waals surface area contributed by atoms with Gasteiger partial charge < -0.3 is 14.8 Å². The molecule has 2 N–H and O–H groups in total. The number of nitrogens with one attached hydrogen (secondary N) is 2. The number of aryl methyl sites for hydroxylation is 2. The molecule has 6 heteroatoms. The van der Waals surface area contributed by atoms with Crippen molar-refractivity contribution in [2.75, 3.05) is 19.8 Å². The number of ether oxygens (including phenoxy) is 2. The van der Waals surface area contributed by atoms with Crippen LogP contribution in [0, 0.1) is 19.8 Å². The average Bonchev–Trinajstić information content (AvgIpc) is 3.23. The van der Waals surface area contributed by atoms with E-state index in [1.807, 2.05) is 32.0 Å². The number of H-pyrrole nitrogens is 1. The second-order valence-corrected chi connectivity index (χ2v) is 6.24. The van der Waals surface area contributed by atoms with Crippen LogP contribution in [0.15, 0.2) is 24.4 Å². The molecule has 1 atom stereocenters. The minimum absolute atomic E-state index is 0.142. The van der Waals surface area contributed by atoms with Gasteiger partial charge in [0.25, 0.3) is 5.91 Å². The number of nitrogens with zero attached hydrogens (tertiary/aromatic N) is 1. The van der Waals surface area contributed by atoms with Crippen molar-refractivity contribution in [2.45, 2.75) is 26.8 Å². The van der Waals surface area contributed by atoms with Crippen molar-refractivity contribution >= 4 is 5.91 Å². The molecule has 0 aliphatic carbocycles. The molecule has 6 nitrogen and oxygen atoms in total. The van der Waals surface area contributed by atoms with Gasteiger partial charge in [-0.25, -0.2) is 0 Å². The van der Waals surface area contributed by atoms with Crippen LogP contribution in [0.2, 0.25) is 0 Å². The third-order valence-electron chi connectivity index (χ3n) is 4.24. The monoisotopic (exact) mass is 329 g/mol. The van der Waals surface area contributed by atoms with Gasteiger partial charge in [0.05, 0.1) is 25.0 Å². The highest BCUT2D eigenvalue weighted by molar-refractivity contribution is 5.94. The summed E-state index contributed by atoms with van der Waals surface area (Å²) < 4.78 is 11.4. The first-order valence-electron chi connectivity index (χ1n) is 8.21. The number of benzene rings is 1. The molecule has 2 aromatic rings. The Balaban J connectivity index is 1.63. The van der Waals surface area contributed by atoms with Crippen molar-refractivity contribution in [1.29, 1.82) is 0 Å². The Morgan fingerprint density at radius 1 is 1.46 bits per heavy atom. The van der Waals surface area contributed by atoms with Crippen molar-refractivity contribution in [3.05, 3.63) is 46.8 Å². The standard InChI is InChI=1S/C18H23N3O3/c1-12-3-4-15(8-19-18(22)16-9-20-21-13(16)2)17(7-12)24-11-14-5-6-23-10-14/h3-4,7,9,14H,5-6,8,10-11H2,1-2H3,(H,19,22)(H,20,21)/t14-/m1/s1. The predicted molar refractivity (Wildman–Crippen MR) is 90.1 cm³/mol. The summed E-state index contributed by atoms with van der Waals surface area (Å²) in [5.74, 6) is 1.13. The molecular weight excluding hydrogens is 306 g/mol. The fraction of sp³-hybridized carbons (Fsp3) is 0.444. The summed E-state index contributed by atoms with van der Waals surface area (Å²) in [5, 5.41) is 9.58. The Morgan fingerprint density at radius 3 is 3.04 bits per heavy atom. The maximum Gasteiger partial charge on any atom is 0.255 e. The number of hydrogen-bond donors (Lipinski definition) is 2. The van der Waals surface area contributed by atoms with Crippen molar-refractivity contribution in [3.8, 4) is 5.75 Å². The van der Waals surface area contributed by atoms with Gasteiger partial charge in [0.1, 0.15) is 5.75 Å². The highest BCUT2D eigenvalue weighted by Crippen LogP contribution is 2.22. The van der Waals surface area contributed by atoms with Gasteiger partial charge in [-0.3, -0.25) is 9.89 Å². The summed E-state index contributed by atoms with van der Waals surface area (Å²) in [5.41, 5.74) is 3.42. The van der Waals surface area contributed by atoms with Crippen LogP contribution < -0.4 is 10.1 Å². The first kappa shape index (κ1) is 16.5. The smallest absolute Gasteiger partial charge is 0.255 e. The lowest BCUT2D eigenvalue weighted by atomic mass is 10.1. The maximum absolute atomic E-state index is 12.2. The van der Waals surface area contributed by atoms with Crippen LogP contribution in [0.1, 0.15) is 33.6 Å². The van der Waals surface area contributed by atoms with Gasteiger partial charge in [0, 0.05) is 30.3 Å². The lowest BCUT2D eigenvalue weighted by Crippen LogP contribution is -2.23. The Morgan fingerprint density at radius 2 is 2.33 bits per heavy atom. The molecule has 0 bridgehead atoms. The maximum atomic E-state index is 12.2. The minimum Gasteiger partial charge on any atom is -0.493 e. The number of aromatic nitrogens is 2. The molecule has 1 saturated heterocycles. The van der Waals surface area contributed by atoms with Gasteiger partial charge in [0.15, 0.2) is 0 Å². The van der Waals surface area contributed by atoms with Crippen molar-refractivity contribution in [1.82, 2.24) is 15.5 Å². The normalized spacial score (nSPS) is 17.0. The van der Waals surface area contributed by atoms with E-state index in [9.17, 15) is 4.79 Å². The first-order valence-corrected chi connectivity index (χ1v) is 8.21. The summed E-state index contributed by atoms with van der Waals surface area (Å²) >= 11 is 0. The van der Waals surface area contributed by atoms with E-state index in [0.717, 1.165) is 42.2 Å². The largest absolute Gasteiger partial charge is 0.493 e. The van der Waals surface area contributed by atoms with Gasteiger partial charge >= 0.3 is 0 Å². The number of rotatable bonds is 6. The zero-order chi connectivity index (χ0) is 16.9. The van der Waals surface area contributed by atoms with Crippen LogP contribution in [0.4, 0.5) is 0 Å². The molecule has 3 rings (SSSR count). The fourth-order valence-electron chi connectivity index (χ4n) is 2.71. The van der Waals surface area contributed by atoms with Gasteiger partial charge in [-0.1, -0.05) is 12.1 Å². The zero-order valence-corrected chi connectivity index (χ0v) is 14.1. The van der Waals surface area contributed by atoms with Gasteiger partial charge in [-0.05, 0) is 31.9 Å². The van der Waals surface area contributed by atoms with E-state index in [4.69, 9.17) is 9.47 Å². The van der Waals surface area contributed by atoms with E-state index in [-0.39, 0.29) is 5.91 Å². The molecule has 1 fully saturated rings. The fourth-order valence-corrected chi connectivity index (χ4v) is 2.71. The van der Waals surface area contributed by atoms with Crippen LogP contribution in [-0.4, -0.2) is 35.9 Å². The van der Waals surface area contributed by atoms with Gasteiger partial charge in [-0.15, -0.1) is 0 Å². The van der Waals surface area contributed by atoms with E-state index >= 15 is 0 Å².